The van der Waals surface area contributed by atoms with Crippen LogP contribution in [0.25, 0.3) is 57.0 Å². The molecule has 1 nitrogen and oxygen atoms in total. The molecular weight excluding hydrogens is 496 g/mol. The molecule has 0 amide bonds. The summed E-state index contributed by atoms with van der Waals surface area (Å²) in [6, 6.07) is 28.1. The van der Waals surface area contributed by atoms with E-state index in [-0.39, 0.29) is 17.9 Å². The van der Waals surface area contributed by atoms with Crippen molar-refractivity contribution in [3.8, 4) is 16.9 Å². The third kappa shape index (κ3) is 3.77. The van der Waals surface area contributed by atoms with Gasteiger partial charge in [0.2, 0.25) is 0 Å². The largest absolute Gasteiger partial charge is 0.485 e. The molecule has 41 heavy (non-hydrogen) atoms. The van der Waals surface area contributed by atoms with E-state index in [4.69, 9.17) is 4.74 Å². The lowest BCUT2D eigenvalue weighted by Gasteiger charge is -2.30. The van der Waals surface area contributed by atoms with E-state index in [0.717, 1.165) is 45.6 Å². The minimum atomic E-state index is 0.0560. The van der Waals surface area contributed by atoms with Gasteiger partial charge in [-0.25, -0.2) is 0 Å². The summed E-state index contributed by atoms with van der Waals surface area (Å²) in [7, 11) is 0. The summed E-state index contributed by atoms with van der Waals surface area (Å²) in [5, 5.41) is 5.00. The van der Waals surface area contributed by atoms with E-state index in [9.17, 15) is 0 Å². The molecule has 3 atom stereocenters. The van der Waals surface area contributed by atoms with Crippen LogP contribution in [0.2, 0.25) is 0 Å². The second-order valence-corrected chi connectivity index (χ2v) is 10.9. The molecule has 0 fully saturated rings. The highest BCUT2D eigenvalue weighted by atomic mass is 16.5. The maximum atomic E-state index is 6.48. The molecule has 0 aromatic heterocycles. The van der Waals surface area contributed by atoms with Gasteiger partial charge < -0.3 is 4.74 Å². The van der Waals surface area contributed by atoms with E-state index in [1.165, 1.54) is 32.7 Å². The molecule has 3 unspecified atom stereocenters. The van der Waals surface area contributed by atoms with Crippen molar-refractivity contribution in [2.75, 3.05) is 0 Å². The molecule has 0 radical (unpaired) electrons. The zero-order valence-electron chi connectivity index (χ0n) is 23.1. The van der Waals surface area contributed by atoms with Gasteiger partial charge in [0.15, 0.2) is 0 Å². The Morgan fingerprint density at radius 2 is 1.34 bits per heavy atom. The number of allylic oxidation sites excluding steroid dienone is 1. The Labute approximate surface area is 242 Å². The van der Waals surface area contributed by atoms with E-state index in [0.29, 0.717) is 0 Å². The number of fused-ring (bicyclic) bond motifs is 6. The molecule has 5 aromatic rings. The summed E-state index contributed by atoms with van der Waals surface area (Å²) < 4.78 is 6.48. The molecule has 1 heteroatoms. The first kappa shape index (κ1) is 25.1. The normalized spacial score (nSPS) is 18.9. The van der Waals surface area contributed by atoms with Gasteiger partial charge in [-0.2, -0.15) is 0 Å². The first-order valence-corrected chi connectivity index (χ1v) is 14.3. The second-order valence-electron chi connectivity index (χ2n) is 10.9. The van der Waals surface area contributed by atoms with Gasteiger partial charge >= 0.3 is 0 Å². The average molecular weight is 529 g/mol. The maximum absolute atomic E-state index is 6.48. The molecular formula is C40H32O. The minimum Gasteiger partial charge on any atom is -0.485 e. The zero-order valence-corrected chi connectivity index (χ0v) is 23.1. The highest BCUT2D eigenvalue weighted by molar-refractivity contribution is 6.07. The van der Waals surface area contributed by atoms with Crippen molar-refractivity contribution in [3.63, 3.8) is 0 Å². The summed E-state index contributed by atoms with van der Waals surface area (Å²) in [6.45, 7) is 16.8. The van der Waals surface area contributed by atoms with Crippen LogP contribution in [0.5, 0.6) is 5.75 Å². The lowest BCUT2D eigenvalue weighted by molar-refractivity contribution is 0.240. The van der Waals surface area contributed by atoms with Crippen LogP contribution in [-0.2, 0) is 0 Å². The van der Waals surface area contributed by atoms with E-state index < -0.39 is 0 Å². The van der Waals surface area contributed by atoms with Crippen LogP contribution in [0.4, 0.5) is 0 Å². The van der Waals surface area contributed by atoms with E-state index in [1.54, 1.807) is 0 Å². The molecule has 1 aliphatic heterocycles. The maximum Gasteiger partial charge on any atom is 0.124 e. The summed E-state index contributed by atoms with van der Waals surface area (Å²) in [5.41, 5.74) is 9.30. The van der Waals surface area contributed by atoms with Gasteiger partial charge in [-0.05, 0) is 79.1 Å². The van der Waals surface area contributed by atoms with Crippen molar-refractivity contribution in [1.29, 1.82) is 0 Å². The van der Waals surface area contributed by atoms with Crippen LogP contribution in [-0.4, -0.2) is 6.10 Å². The molecule has 0 bridgehead atoms. The minimum absolute atomic E-state index is 0.0560. The number of rotatable bonds is 6. The van der Waals surface area contributed by atoms with Crippen LogP contribution in [0.15, 0.2) is 117 Å². The zero-order chi connectivity index (χ0) is 28.1. The second kappa shape index (κ2) is 9.94. The van der Waals surface area contributed by atoms with Crippen molar-refractivity contribution in [2.45, 2.75) is 24.4 Å². The van der Waals surface area contributed by atoms with E-state index in [2.05, 4.69) is 117 Å². The van der Waals surface area contributed by atoms with Gasteiger partial charge in [-0.15, -0.1) is 0 Å². The van der Waals surface area contributed by atoms with Crippen LogP contribution in [0.1, 0.15) is 51.6 Å². The average Bonchev–Trinajstić information content (AvgIpc) is 3.41. The Balaban J connectivity index is 1.46. The number of benzene rings is 5. The summed E-state index contributed by atoms with van der Waals surface area (Å²) in [4.78, 5) is 0. The molecule has 1 heterocycles. The van der Waals surface area contributed by atoms with Crippen LogP contribution in [0, 0.1) is 0 Å². The Kier molecular flexibility index (Phi) is 6.09. The van der Waals surface area contributed by atoms with E-state index >= 15 is 0 Å². The van der Waals surface area contributed by atoms with Crippen molar-refractivity contribution in [2.24, 2.45) is 0 Å². The predicted octanol–water partition coefficient (Wildman–Crippen LogP) is 10.8. The van der Waals surface area contributed by atoms with Crippen LogP contribution < -0.4 is 4.74 Å². The highest BCUT2D eigenvalue weighted by Crippen LogP contribution is 2.52. The highest BCUT2D eigenvalue weighted by Gasteiger charge is 2.39. The Bertz CT molecular complexity index is 1930. The first-order valence-electron chi connectivity index (χ1n) is 14.3. The monoisotopic (exact) mass is 528 g/mol. The Morgan fingerprint density at radius 3 is 2.10 bits per heavy atom. The van der Waals surface area contributed by atoms with Gasteiger partial charge in [0.05, 0.1) is 0 Å². The lowest BCUT2D eigenvalue weighted by atomic mass is 9.73. The van der Waals surface area contributed by atoms with Gasteiger partial charge in [0.25, 0.3) is 0 Å². The third-order valence-electron chi connectivity index (χ3n) is 8.95. The fourth-order valence-corrected chi connectivity index (χ4v) is 7.22. The Hall–Kier alpha value is -4.88. The SMILES string of the molecule is C=Cc1cccc(-c2c(C=C)c(C=C)c(C3C=CC4Oc5ccc6ccccc6c5C4C3)c3ccccc23)c1C=C. The third-order valence-corrected chi connectivity index (χ3v) is 8.95. The summed E-state index contributed by atoms with van der Waals surface area (Å²) in [6.07, 6.45) is 13.5. The fraction of sp³-hybridized carbons (Fsp3) is 0.100. The topological polar surface area (TPSA) is 9.23 Å². The van der Waals surface area contributed by atoms with Gasteiger partial charge in [-0.1, -0.05) is 129 Å². The van der Waals surface area contributed by atoms with E-state index in [1.807, 2.05) is 24.3 Å². The van der Waals surface area contributed by atoms with Crippen molar-refractivity contribution in [1.82, 2.24) is 0 Å². The molecule has 2 aliphatic rings. The molecule has 1 aliphatic carbocycles. The molecule has 7 rings (SSSR count). The number of ether oxygens (including phenoxy) is 1. The number of hydrogen-bond acceptors (Lipinski definition) is 1. The van der Waals surface area contributed by atoms with Crippen molar-refractivity contribution in [3.05, 3.63) is 151 Å². The smallest absolute Gasteiger partial charge is 0.124 e. The van der Waals surface area contributed by atoms with Crippen LogP contribution >= 0.6 is 0 Å². The first-order chi connectivity index (χ1) is 20.2. The standard InChI is InChI=1S/C40H32O/c1-5-25-15-13-19-32(28(25)6-2)39-30(8-4)29(7-3)38(33-17-11-12-18-34(33)39)27-21-22-36-35(24-27)40-31-16-10-9-14-26(31)20-23-37(40)41-36/h5-23,27,35-36H,1-4,24H2. The van der Waals surface area contributed by atoms with Crippen LogP contribution in [0.3, 0.4) is 0 Å². The predicted molar refractivity (Wildman–Crippen MR) is 177 cm³/mol. The molecule has 5 aromatic carbocycles. The van der Waals surface area contributed by atoms with Gasteiger partial charge in [0.1, 0.15) is 11.9 Å². The van der Waals surface area contributed by atoms with Gasteiger partial charge in [-0.3, -0.25) is 0 Å². The molecule has 0 saturated carbocycles. The fourth-order valence-electron chi connectivity index (χ4n) is 7.22. The molecule has 0 saturated heterocycles. The summed E-state index contributed by atoms with van der Waals surface area (Å²) >= 11 is 0. The quantitative estimate of drug-likeness (QED) is 0.199. The van der Waals surface area contributed by atoms with Crippen molar-refractivity contribution >= 4 is 45.8 Å². The molecule has 0 N–H and O–H groups in total. The van der Waals surface area contributed by atoms with Crippen molar-refractivity contribution < 1.29 is 4.74 Å². The summed E-state index contributed by atoms with van der Waals surface area (Å²) in [5.74, 6) is 1.50. The van der Waals surface area contributed by atoms with Gasteiger partial charge in [0, 0.05) is 17.4 Å². The molecule has 198 valence electrons. The molecule has 0 spiro atoms. The number of hydrogen-bond donors (Lipinski definition) is 0. The Morgan fingerprint density at radius 1 is 0.610 bits per heavy atom. The lowest BCUT2D eigenvalue weighted by Crippen LogP contribution is -2.22.